The summed E-state index contributed by atoms with van der Waals surface area (Å²) in [7, 11) is 0. The molecule has 0 saturated heterocycles. The topological polar surface area (TPSA) is 49.6 Å². The summed E-state index contributed by atoms with van der Waals surface area (Å²) in [4.78, 5) is 8.09. The molecular formula is C11H6IrN3-. The van der Waals surface area contributed by atoms with Gasteiger partial charge in [-0.15, -0.1) is 17.7 Å². The molecule has 0 spiro atoms. The van der Waals surface area contributed by atoms with Gasteiger partial charge in [-0.3, -0.25) is 0 Å². The molecule has 0 unspecified atom stereocenters. The zero-order valence-corrected chi connectivity index (χ0v) is 10.0. The fraction of sp³-hybridized carbons (Fsp3) is 0. The minimum absolute atomic E-state index is 0. The van der Waals surface area contributed by atoms with E-state index in [0.717, 1.165) is 11.3 Å². The van der Waals surface area contributed by atoms with Crippen LogP contribution in [0.2, 0.25) is 0 Å². The van der Waals surface area contributed by atoms with Gasteiger partial charge in [0.2, 0.25) is 0 Å². The minimum Gasteiger partial charge on any atom is -0.341 e. The van der Waals surface area contributed by atoms with Crippen molar-refractivity contribution in [2.75, 3.05) is 0 Å². The summed E-state index contributed by atoms with van der Waals surface area (Å²) in [5.74, 6) is 0. The Labute approximate surface area is 101 Å². The van der Waals surface area contributed by atoms with Gasteiger partial charge >= 0.3 is 0 Å². The van der Waals surface area contributed by atoms with Gasteiger partial charge in [0.25, 0.3) is 0 Å². The molecule has 2 aromatic rings. The third-order valence-electron chi connectivity index (χ3n) is 1.75. The molecule has 0 bridgehead atoms. The fourth-order valence-corrected chi connectivity index (χ4v) is 1.08. The van der Waals surface area contributed by atoms with E-state index < -0.39 is 0 Å². The van der Waals surface area contributed by atoms with Crippen LogP contribution in [0.3, 0.4) is 0 Å². The van der Waals surface area contributed by atoms with Crippen LogP contribution in [0.25, 0.3) is 11.3 Å². The summed E-state index contributed by atoms with van der Waals surface area (Å²) in [6, 6.07) is 12.1. The van der Waals surface area contributed by atoms with Gasteiger partial charge in [0.1, 0.15) is 0 Å². The Morgan fingerprint density at radius 1 is 1.27 bits per heavy atom. The van der Waals surface area contributed by atoms with Crippen LogP contribution in [-0.4, -0.2) is 9.97 Å². The van der Waals surface area contributed by atoms with Crippen molar-refractivity contribution in [3.63, 3.8) is 0 Å². The number of rotatable bonds is 1. The van der Waals surface area contributed by atoms with E-state index in [2.05, 4.69) is 16.0 Å². The van der Waals surface area contributed by atoms with Crippen LogP contribution in [0, 0.1) is 17.4 Å². The van der Waals surface area contributed by atoms with Gasteiger partial charge in [-0.1, -0.05) is 18.3 Å². The quantitative estimate of drug-likeness (QED) is 0.718. The van der Waals surface area contributed by atoms with Crippen molar-refractivity contribution in [2.24, 2.45) is 0 Å². The molecule has 3 nitrogen and oxygen atoms in total. The first-order valence-electron chi connectivity index (χ1n) is 4.09. The number of nitriles is 1. The molecule has 75 valence electrons. The standard InChI is InChI=1S/C11H6N3.Ir/c12-7-10-5-4-9(8-14-10)11-3-1-2-6-13-11;/h1-3,5-6,8H;/q-1;. The van der Waals surface area contributed by atoms with Crippen LogP contribution < -0.4 is 0 Å². The number of pyridine rings is 2. The second-order valence-electron chi connectivity index (χ2n) is 2.67. The van der Waals surface area contributed by atoms with E-state index in [1.807, 2.05) is 24.3 Å². The maximum atomic E-state index is 8.55. The molecule has 0 aromatic carbocycles. The molecule has 0 fully saturated rings. The van der Waals surface area contributed by atoms with E-state index in [1.165, 1.54) is 0 Å². The minimum atomic E-state index is 0. The maximum absolute atomic E-state index is 8.55. The zero-order valence-electron chi connectivity index (χ0n) is 7.64. The normalized spacial score (nSPS) is 8.73. The van der Waals surface area contributed by atoms with Gasteiger partial charge < -0.3 is 9.97 Å². The van der Waals surface area contributed by atoms with Crippen LogP contribution in [0.15, 0.2) is 36.7 Å². The van der Waals surface area contributed by atoms with E-state index >= 15 is 0 Å². The van der Waals surface area contributed by atoms with Crippen LogP contribution in [-0.2, 0) is 20.1 Å². The first-order valence-corrected chi connectivity index (χ1v) is 4.09. The SMILES string of the molecule is N#Cc1c[c-]c(-c2ccccn2)cn1.[Ir]. The van der Waals surface area contributed by atoms with E-state index in [0.29, 0.717) is 5.69 Å². The number of hydrogen-bond donors (Lipinski definition) is 0. The monoisotopic (exact) mass is 373 g/mol. The summed E-state index contributed by atoms with van der Waals surface area (Å²) >= 11 is 0. The molecule has 0 N–H and O–H groups in total. The Kier molecular flexibility index (Phi) is 4.11. The van der Waals surface area contributed by atoms with Crippen LogP contribution in [0.5, 0.6) is 0 Å². The van der Waals surface area contributed by atoms with E-state index in [1.54, 1.807) is 18.5 Å². The van der Waals surface area contributed by atoms with Gasteiger partial charge in [-0.25, -0.2) is 5.26 Å². The van der Waals surface area contributed by atoms with Crippen molar-refractivity contribution >= 4 is 0 Å². The average Bonchev–Trinajstić information content (AvgIpc) is 2.30. The Morgan fingerprint density at radius 2 is 2.13 bits per heavy atom. The predicted octanol–water partition coefficient (Wildman–Crippen LogP) is 1.81. The summed E-state index contributed by atoms with van der Waals surface area (Å²) in [6.07, 6.45) is 3.31. The molecular weight excluding hydrogens is 366 g/mol. The van der Waals surface area contributed by atoms with Crippen molar-refractivity contribution in [1.82, 2.24) is 9.97 Å². The van der Waals surface area contributed by atoms with Gasteiger partial charge in [-0.05, 0) is 11.8 Å². The van der Waals surface area contributed by atoms with E-state index in [-0.39, 0.29) is 20.1 Å². The Hall–Kier alpha value is -1.56. The van der Waals surface area contributed by atoms with Crippen LogP contribution in [0.1, 0.15) is 5.69 Å². The molecule has 0 aliphatic rings. The second-order valence-corrected chi connectivity index (χ2v) is 2.67. The van der Waals surface area contributed by atoms with E-state index in [9.17, 15) is 0 Å². The van der Waals surface area contributed by atoms with Crippen molar-refractivity contribution in [1.29, 1.82) is 5.26 Å². The van der Waals surface area contributed by atoms with Gasteiger partial charge in [0, 0.05) is 26.3 Å². The molecule has 2 aromatic heterocycles. The van der Waals surface area contributed by atoms with Crippen molar-refractivity contribution in [3.05, 3.63) is 48.4 Å². The third-order valence-corrected chi connectivity index (χ3v) is 1.75. The van der Waals surface area contributed by atoms with Crippen molar-refractivity contribution in [2.45, 2.75) is 0 Å². The Balaban J connectivity index is 0.00000112. The van der Waals surface area contributed by atoms with Crippen LogP contribution in [0.4, 0.5) is 0 Å². The summed E-state index contributed by atoms with van der Waals surface area (Å²) in [5, 5.41) is 8.55. The summed E-state index contributed by atoms with van der Waals surface area (Å²) in [6.45, 7) is 0. The average molecular weight is 372 g/mol. The number of aromatic nitrogens is 2. The molecule has 1 radical (unpaired) electrons. The van der Waals surface area contributed by atoms with Crippen molar-refractivity contribution in [3.8, 4) is 17.3 Å². The molecule has 2 rings (SSSR count). The molecule has 0 aliphatic heterocycles. The molecule has 0 atom stereocenters. The summed E-state index contributed by atoms with van der Waals surface area (Å²) < 4.78 is 0. The molecule has 2 heterocycles. The third kappa shape index (κ3) is 2.69. The van der Waals surface area contributed by atoms with Crippen molar-refractivity contribution < 1.29 is 20.1 Å². The van der Waals surface area contributed by atoms with Crippen LogP contribution >= 0.6 is 0 Å². The second kappa shape index (κ2) is 5.35. The first-order chi connectivity index (χ1) is 6.90. The van der Waals surface area contributed by atoms with E-state index in [4.69, 9.17) is 5.26 Å². The van der Waals surface area contributed by atoms with Gasteiger partial charge in [0.05, 0.1) is 11.8 Å². The molecule has 0 amide bonds. The zero-order chi connectivity index (χ0) is 9.80. The first kappa shape index (κ1) is 11.5. The predicted molar refractivity (Wildman–Crippen MR) is 51.0 cm³/mol. The number of nitrogens with zero attached hydrogens (tertiary/aromatic N) is 3. The molecule has 4 heteroatoms. The smallest absolute Gasteiger partial charge is 0.0672 e. The Morgan fingerprint density at radius 3 is 2.67 bits per heavy atom. The molecule has 0 aliphatic carbocycles. The Bertz CT molecular complexity index is 459. The summed E-state index contributed by atoms with van der Waals surface area (Å²) in [5.41, 5.74) is 1.97. The molecule has 0 saturated carbocycles. The molecule has 15 heavy (non-hydrogen) atoms. The maximum Gasteiger partial charge on any atom is 0.0672 e. The fourth-order valence-electron chi connectivity index (χ4n) is 1.08. The largest absolute Gasteiger partial charge is 0.341 e. The number of hydrogen-bond acceptors (Lipinski definition) is 3. The van der Waals surface area contributed by atoms with Gasteiger partial charge in [-0.2, -0.15) is 0 Å². The van der Waals surface area contributed by atoms with Gasteiger partial charge in [0.15, 0.2) is 0 Å².